The summed E-state index contributed by atoms with van der Waals surface area (Å²) in [6.07, 6.45) is -4.72. The van der Waals surface area contributed by atoms with Crippen molar-refractivity contribution in [3.63, 3.8) is 0 Å². The number of hydrogen-bond donors (Lipinski definition) is 2. The Bertz CT molecular complexity index is 1270. The zero-order valence-corrected chi connectivity index (χ0v) is 19.4. The number of rotatable bonds is 8. The Labute approximate surface area is 196 Å². The second kappa shape index (κ2) is 10.5. The van der Waals surface area contributed by atoms with Crippen LogP contribution < -0.4 is 19.8 Å². The van der Waals surface area contributed by atoms with E-state index in [9.17, 15) is 36.5 Å². The van der Waals surface area contributed by atoms with Crippen LogP contribution in [-0.2, 0) is 16.2 Å². The van der Waals surface area contributed by atoms with Crippen LogP contribution in [0.4, 0.5) is 35.5 Å². The molecular weight excluding hydrogens is 501 g/mol. The van der Waals surface area contributed by atoms with Crippen LogP contribution in [0.5, 0.6) is 6.01 Å². The third kappa shape index (κ3) is 7.19. The first-order chi connectivity index (χ1) is 16.1. The van der Waals surface area contributed by atoms with Crippen molar-refractivity contribution in [1.82, 2.24) is 19.7 Å². The van der Waals surface area contributed by atoms with E-state index in [1.807, 2.05) is 12.2 Å². The number of nitro benzene ring substituents is 1. The Morgan fingerprint density at radius 1 is 1.26 bits per heavy atom. The fraction of sp³-hybridized carbons (Fsp3) is 0.353. The minimum Gasteiger partial charge on any atom is -0.347 e. The van der Waals surface area contributed by atoms with Gasteiger partial charge in [0.1, 0.15) is 4.90 Å². The molecule has 1 aromatic heterocycles. The minimum absolute atomic E-state index is 0.0211. The summed E-state index contributed by atoms with van der Waals surface area (Å²) in [6.45, 7) is 3.48. The zero-order chi connectivity index (χ0) is 26.6. The number of carbonyl (C=O) groups is 1. The number of non-ortho nitro benzene ring substituents is 1. The van der Waals surface area contributed by atoms with Crippen LogP contribution in [0.1, 0.15) is 25.8 Å². The van der Waals surface area contributed by atoms with Crippen LogP contribution in [0.15, 0.2) is 28.3 Å². The number of oxime groups is 1. The number of benzene rings is 1. The highest BCUT2D eigenvalue weighted by atomic mass is 32.2. The summed E-state index contributed by atoms with van der Waals surface area (Å²) in [5.74, 6) is -0.525. The van der Waals surface area contributed by atoms with Gasteiger partial charge in [-0.15, -0.1) is 0 Å². The quantitative estimate of drug-likeness (QED) is 0.298. The van der Waals surface area contributed by atoms with Gasteiger partial charge >= 0.3 is 18.2 Å². The Balaban J connectivity index is 2.35. The molecule has 190 valence electrons. The highest BCUT2D eigenvalue weighted by Crippen LogP contribution is 2.36. The highest BCUT2D eigenvalue weighted by Gasteiger charge is 2.39. The van der Waals surface area contributed by atoms with Crippen molar-refractivity contribution in [3.8, 4) is 6.01 Å². The maximum absolute atomic E-state index is 13.4. The Hall–Kier alpha value is -4.09. The average molecular weight is 520 g/mol. The second-order valence-electron chi connectivity index (χ2n) is 6.90. The Kier molecular flexibility index (Phi) is 8.11. The van der Waals surface area contributed by atoms with Gasteiger partial charge in [-0.25, -0.2) is 17.9 Å². The van der Waals surface area contributed by atoms with Crippen molar-refractivity contribution in [2.45, 2.75) is 31.3 Å². The molecule has 18 heteroatoms. The third-order valence-corrected chi connectivity index (χ3v) is 5.41. The summed E-state index contributed by atoms with van der Waals surface area (Å²) in [5, 5.41) is 16.5. The van der Waals surface area contributed by atoms with Gasteiger partial charge in [0.15, 0.2) is 0 Å². The van der Waals surface area contributed by atoms with Gasteiger partial charge in [0.25, 0.3) is 15.7 Å². The molecule has 0 aliphatic heterocycles. The monoisotopic (exact) mass is 520 g/mol. The van der Waals surface area contributed by atoms with Gasteiger partial charge in [0.05, 0.1) is 16.2 Å². The van der Waals surface area contributed by atoms with Crippen LogP contribution >= 0.6 is 0 Å². The van der Waals surface area contributed by atoms with Gasteiger partial charge in [-0.3, -0.25) is 15.4 Å². The lowest BCUT2D eigenvalue weighted by molar-refractivity contribution is -0.385. The Morgan fingerprint density at radius 3 is 2.46 bits per heavy atom. The third-order valence-electron chi connectivity index (χ3n) is 4.02. The summed E-state index contributed by atoms with van der Waals surface area (Å²) >= 11 is 0. The molecule has 0 spiro atoms. The molecule has 2 aromatic rings. The Morgan fingerprint density at radius 2 is 1.91 bits per heavy atom. The number of aromatic nitrogens is 3. The number of nitrogens with zero attached hydrogens (tertiary/aromatic N) is 6. The lowest BCUT2D eigenvalue weighted by Gasteiger charge is -2.14. The van der Waals surface area contributed by atoms with Crippen LogP contribution in [0.2, 0.25) is 0 Å². The number of alkyl halides is 3. The second-order valence-corrected chi connectivity index (χ2v) is 8.55. The van der Waals surface area contributed by atoms with E-state index in [4.69, 9.17) is 4.84 Å². The molecule has 0 aliphatic carbocycles. The first-order valence-corrected chi connectivity index (χ1v) is 11.0. The van der Waals surface area contributed by atoms with Gasteiger partial charge in [-0.1, -0.05) is 12.1 Å². The number of halogens is 3. The SMILES string of the molecule is CC/C(C)=N\Oc1nc(NC(=O)NS(=O)(=O)c2ccc([N+](=O)[O-])cc2C(F)(F)F)nc(N(C)C)n1. The fourth-order valence-electron chi connectivity index (χ4n) is 2.22. The van der Waals surface area contributed by atoms with Crippen molar-refractivity contribution in [1.29, 1.82) is 0 Å². The average Bonchev–Trinajstić information content (AvgIpc) is 2.75. The van der Waals surface area contributed by atoms with Crippen LogP contribution in [0, 0.1) is 10.1 Å². The number of anilines is 2. The molecule has 0 saturated heterocycles. The van der Waals surface area contributed by atoms with E-state index in [2.05, 4.69) is 20.1 Å². The summed E-state index contributed by atoms with van der Waals surface area (Å²) in [5.41, 5.74) is -2.24. The number of hydrogen-bond acceptors (Lipinski definition) is 11. The molecule has 0 aliphatic rings. The van der Waals surface area contributed by atoms with Gasteiger partial charge in [-0.05, 0) is 19.4 Å². The zero-order valence-electron chi connectivity index (χ0n) is 18.6. The molecule has 2 N–H and O–H groups in total. The van der Waals surface area contributed by atoms with Crippen molar-refractivity contribution in [3.05, 3.63) is 33.9 Å². The highest BCUT2D eigenvalue weighted by molar-refractivity contribution is 7.90. The molecule has 0 saturated carbocycles. The minimum atomic E-state index is -5.27. The van der Waals surface area contributed by atoms with Gasteiger partial charge in [-0.2, -0.15) is 28.1 Å². The molecule has 35 heavy (non-hydrogen) atoms. The largest absolute Gasteiger partial charge is 0.417 e. The van der Waals surface area contributed by atoms with E-state index in [1.54, 1.807) is 21.0 Å². The lowest BCUT2D eigenvalue weighted by Crippen LogP contribution is -2.36. The van der Waals surface area contributed by atoms with Crippen molar-refractivity contribution < 1.29 is 36.1 Å². The molecule has 1 aromatic carbocycles. The van der Waals surface area contributed by atoms with Gasteiger partial charge in [0.2, 0.25) is 11.9 Å². The summed E-state index contributed by atoms with van der Waals surface area (Å²) in [6, 6.07) is -0.913. The van der Waals surface area contributed by atoms with Crippen LogP contribution in [-0.4, -0.2) is 54.1 Å². The first kappa shape index (κ1) is 27.2. The fourth-order valence-corrected chi connectivity index (χ4v) is 3.33. The van der Waals surface area contributed by atoms with E-state index < -0.39 is 49.2 Å². The maximum atomic E-state index is 13.4. The van der Waals surface area contributed by atoms with E-state index >= 15 is 0 Å². The molecule has 0 radical (unpaired) electrons. The smallest absolute Gasteiger partial charge is 0.347 e. The number of urea groups is 1. The molecule has 2 rings (SSSR count). The number of amides is 2. The number of sulfonamides is 1. The molecule has 1 heterocycles. The van der Waals surface area contributed by atoms with Crippen molar-refractivity contribution >= 4 is 39.4 Å². The van der Waals surface area contributed by atoms with Crippen LogP contribution in [0.25, 0.3) is 0 Å². The van der Waals surface area contributed by atoms with Gasteiger partial charge in [0, 0.05) is 26.2 Å². The van der Waals surface area contributed by atoms with E-state index in [1.165, 1.54) is 9.62 Å². The maximum Gasteiger partial charge on any atom is 0.417 e. The summed E-state index contributed by atoms with van der Waals surface area (Å²) in [4.78, 5) is 38.5. The predicted octanol–water partition coefficient (Wildman–Crippen LogP) is 2.54. The van der Waals surface area contributed by atoms with E-state index in [-0.39, 0.29) is 18.0 Å². The lowest BCUT2D eigenvalue weighted by atomic mass is 10.2. The molecule has 2 amide bonds. The predicted molar refractivity (Wildman–Crippen MR) is 116 cm³/mol. The molecular formula is C17H19F3N8O6S. The number of nitrogens with one attached hydrogen (secondary N) is 2. The topological polar surface area (TPSA) is 182 Å². The normalized spacial score (nSPS) is 12.1. The standard InChI is InChI=1S/C17H19F3N8O6S/c1-5-9(2)25-34-16-23-13(21-14(24-16)27(3)4)22-15(29)26-35(32,33)12-7-6-10(28(30)31)8-11(12)17(18,19)20/h6-8H,5H2,1-4H3,(H2,21,22,23,24,26,29)/b25-9-. The molecule has 14 nitrogen and oxygen atoms in total. The van der Waals surface area contributed by atoms with Crippen molar-refractivity contribution in [2.75, 3.05) is 24.3 Å². The molecule has 0 fully saturated rings. The first-order valence-electron chi connectivity index (χ1n) is 9.47. The molecule has 0 atom stereocenters. The summed E-state index contributed by atoms with van der Waals surface area (Å²) < 4.78 is 66.4. The van der Waals surface area contributed by atoms with Crippen molar-refractivity contribution in [2.24, 2.45) is 5.16 Å². The van der Waals surface area contributed by atoms with Gasteiger partial charge < -0.3 is 9.74 Å². The number of carbonyl (C=O) groups excluding carboxylic acids is 1. The van der Waals surface area contributed by atoms with E-state index in [0.29, 0.717) is 24.3 Å². The molecule has 0 bridgehead atoms. The number of nitro groups is 1. The molecule has 0 unspecified atom stereocenters. The van der Waals surface area contributed by atoms with E-state index in [0.717, 1.165) is 0 Å². The summed E-state index contributed by atoms with van der Waals surface area (Å²) in [7, 11) is -2.05. The van der Waals surface area contributed by atoms with Crippen LogP contribution in [0.3, 0.4) is 0 Å².